The molecule has 0 aliphatic heterocycles. The van der Waals surface area contributed by atoms with Crippen LogP contribution in [0.3, 0.4) is 0 Å². The normalized spacial score (nSPS) is 15.3. The van der Waals surface area contributed by atoms with Gasteiger partial charge < -0.3 is 10.2 Å². The highest BCUT2D eigenvalue weighted by molar-refractivity contribution is 5.50. The summed E-state index contributed by atoms with van der Waals surface area (Å²) < 4.78 is 0. The highest BCUT2D eigenvalue weighted by Crippen LogP contribution is 2.28. The molecule has 1 fully saturated rings. The van der Waals surface area contributed by atoms with Crippen molar-refractivity contribution in [3.8, 4) is 0 Å². The summed E-state index contributed by atoms with van der Waals surface area (Å²) in [4.78, 5) is 2.42. The summed E-state index contributed by atoms with van der Waals surface area (Å²) in [5.74, 6) is 0.927. The summed E-state index contributed by atoms with van der Waals surface area (Å²) in [5, 5.41) is 3.48. The first-order valence-electron chi connectivity index (χ1n) is 7.72. The van der Waals surface area contributed by atoms with E-state index in [1.165, 1.54) is 49.0 Å². The average Bonchev–Trinajstić information content (AvgIpc) is 2.35. The lowest BCUT2D eigenvalue weighted by Crippen LogP contribution is -2.29. The largest absolute Gasteiger partial charge is 0.374 e. The zero-order valence-electron chi connectivity index (χ0n) is 12.7. The van der Waals surface area contributed by atoms with E-state index in [0.29, 0.717) is 0 Å². The summed E-state index contributed by atoms with van der Waals surface area (Å²) in [6, 6.07) is 6.89. The van der Waals surface area contributed by atoms with E-state index in [4.69, 9.17) is 0 Å². The van der Waals surface area contributed by atoms with Crippen LogP contribution in [0.4, 0.5) is 5.69 Å². The van der Waals surface area contributed by atoms with Gasteiger partial charge in [-0.1, -0.05) is 19.4 Å². The molecule has 1 aromatic rings. The molecule has 1 saturated carbocycles. The molecule has 106 valence electrons. The molecule has 0 bridgehead atoms. The molecular formula is C17H28N2. The van der Waals surface area contributed by atoms with E-state index in [-0.39, 0.29) is 0 Å². The number of hydrogen-bond donors (Lipinski definition) is 1. The number of rotatable bonds is 7. The first-order chi connectivity index (χ1) is 9.20. The fraction of sp³-hybridized carbons (Fsp3) is 0.647. The molecule has 1 aliphatic rings. The number of aryl methyl sites for hydroxylation is 1. The quantitative estimate of drug-likeness (QED) is 0.751. The van der Waals surface area contributed by atoms with Crippen molar-refractivity contribution in [2.24, 2.45) is 5.92 Å². The van der Waals surface area contributed by atoms with Crippen molar-refractivity contribution in [3.05, 3.63) is 29.3 Å². The summed E-state index contributed by atoms with van der Waals surface area (Å²) in [5.41, 5.74) is 4.19. The molecule has 1 aromatic carbocycles. The molecule has 0 amide bonds. The average molecular weight is 260 g/mol. The molecule has 0 atom stereocenters. The van der Waals surface area contributed by atoms with Crippen molar-refractivity contribution >= 4 is 5.69 Å². The molecule has 0 radical (unpaired) electrons. The van der Waals surface area contributed by atoms with E-state index in [0.717, 1.165) is 19.0 Å². The van der Waals surface area contributed by atoms with Gasteiger partial charge in [0.05, 0.1) is 0 Å². The van der Waals surface area contributed by atoms with Crippen LogP contribution in [-0.2, 0) is 6.54 Å². The SMILES string of the molecule is CCCNCc1ccc(N(C)CC2CCC2)cc1C. The van der Waals surface area contributed by atoms with Crippen molar-refractivity contribution in [3.63, 3.8) is 0 Å². The minimum atomic E-state index is 0.927. The summed E-state index contributed by atoms with van der Waals surface area (Å²) in [7, 11) is 2.22. The second-order valence-electron chi connectivity index (χ2n) is 5.97. The van der Waals surface area contributed by atoms with Crippen molar-refractivity contribution in [2.75, 3.05) is 25.0 Å². The van der Waals surface area contributed by atoms with Gasteiger partial charge in [-0.25, -0.2) is 0 Å². The van der Waals surface area contributed by atoms with Crippen LogP contribution >= 0.6 is 0 Å². The Kier molecular flexibility index (Phi) is 5.26. The summed E-state index contributed by atoms with van der Waals surface area (Å²) in [6.07, 6.45) is 5.46. The van der Waals surface area contributed by atoms with Crippen LogP contribution in [-0.4, -0.2) is 20.1 Å². The maximum Gasteiger partial charge on any atom is 0.0366 e. The first kappa shape index (κ1) is 14.4. The number of hydrogen-bond acceptors (Lipinski definition) is 2. The fourth-order valence-corrected chi connectivity index (χ4v) is 2.68. The molecule has 2 rings (SSSR count). The van der Waals surface area contributed by atoms with Crippen LogP contribution in [0.1, 0.15) is 43.7 Å². The van der Waals surface area contributed by atoms with Crippen LogP contribution in [0.2, 0.25) is 0 Å². The van der Waals surface area contributed by atoms with Gasteiger partial charge in [-0.2, -0.15) is 0 Å². The van der Waals surface area contributed by atoms with Crippen molar-refractivity contribution in [1.29, 1.82) is 0 Å². The second-order valence-corrected chi connectivity index (χ2v) is 5.97. The molecule has 0 unspecified atom stereocenters. The maximum absolute atomic E-state index is 3.48. The predicted molar refractivity (Wildman–Crippen MR) is 83.8 cm³/mol. The van der Waals surface area contributed by atoms with Crippen molar-refractivity contribution in [2.45, 2.75) is 46.1 Å². The third kappa shape index (κ3) is 3.97. The van der Waals surface area contributed by atoms with Crippen LogP contribution in [0, 0.1) is 12.8 Å². The lowest BCUT2D eigenvalue weighted by molar-refractivity contribution is 0.321. The molecule has 0 heterocycles. The van der Waals surface area contributed by atoms with Crippen molar-refractivity contribution in [1.82, 2.24) is 5.32 Å². The van der Waals surface area contributed by atoms with Gasteiger partial charge >= 0.3 is 0 Å². The van der Waals surface area contributed by atoms with Gasteiger partial charge in [0.15, 0.2) is 0 Å². The lowest BCUT2D eigenvalue weighted by atomic mass is 9.85. The smallest absolute Gasteiger partial charge is 0.0366 e. The molecule has 2 nitrogen and oxygen atoms in total. The summed E-state index contributed by atoms with van der Waals surface area (Å²) >= 11 is 0. The second kappa shape index (κ2) is 6.95. The molecule has 1 N–H and O–H groups in total. The zero-order chi connectivity index (χ0) is 13.7. The standard InChI is InChI=1S/C17H28N2/c1-4-10-18-12-16-8-9-17(11-14(16)2)19(3)13-15-6-5-7-15/h8-9,11,15,18H,4-7,10,12-13H2,1-3H3. The zero-order valence-corrected chi connectivity index (χ0v) is 12.7. The van der Waals surface area contributed by atoms with E-state index in [2.05, 4.69) is 49.3 Å². The number of anilines is 1. The van der Waals surface area contributed by atoms with Gasteiger partial charge in [0.2, 0.25) is 0 Å². The van der Waals surface area contributed by atoms with Gasteiger partial charge in [0.25, 0.3) is 0 Å². The van der Waals surface area contributed by atoms with Crippen LogP contribution < -0.4 is 10.2 Å². The number of nitrogens with one attached hydrogen (secondary N) is 1. The Morgan fingerprint density at radius 2 is 2.11 bits per heavy atom. The van der Waals surface area contributed by atoms with Gasteiger partial charge in [-0.15, -0.1) is 0 Å². The van der Waals surface area contributed by atoms with E-state index in [1.807, 2.05) is 0 Å². The van der Waals surface area contributed by atoms with E-state index in [1.54, 1.807) is 0 Å². The highest BCUT2D eigenvalue weighted by Gasteiger charge is 2.19. The Labute approximate surface area is 118 Å². The van der Waals surface area contributed by atoms with Crippen molar-refractivity contribution < 1.29 is 0 Å². The Hall–Kier alpha value is -1.02. The predicted octanol–water partition coefficient (Wildman–Crippen LogP) is 3.73. The van der Waals surface area contributed by atoms with Gasteiger partial charge in [0, 0.05) is 25.8 Å². The third-order valence-electron chi connectivity index (χ3n) is 4.27. The number of nitrogens with zero attached hydrogens (tertiary/aromatic N) is 1. The van der Waals surface area contributed by atoms with Crippen LogP contribution in [0.5, 0.6) is 0 Å². The molecule has 1 aliphatic carbocycles. The highest BCUT2D eigenvalue weighted by atomic mass is 15.1. The van der Waals surface area contributed by atoms with Crippen LogP contribution in [0.25, 0.3) is 0 Å². The van der Waals surface area contributed by atoms with Gasteiger partial charge in [-0.3, -0.25) is 0 Å². The topological polar surface area (TPSA) is 15.3 Å². The van der Waals surface area contributed by atoms with E-state index >= 15 is 0 Å². The van der Waals surface area contributed by atoms with Gasteiger partial charge in [-0.05, 0) is 61.9 Å². The van der Waals surface area contributed by atoms with Gasteiger partial charge in [0.1, 0.15) is 0 Å². The maximum atomic E-state index is 3.48. The lowest BCUT2D eigenvalue weighted by Gasteiger charge is -2.31. The number of benzene rings is 1. The minimum absolute atomic E-state index is 0.927. The molecule has 0 spiro atoms. The Balaban J connectivity index is 1.92. The Morgan fingerprint density at radius 3 is 2.68 bits per heavy atom. The molecular weight excluding hydrogens is 232 g/mol. The Morgan fingerprint density at radius 1 is 1.32 bits per heavy atom. The molecule has 2 heteroatoms. The van der Waals surface area contributed by atoms with E-state index < -0.39 is 0 Å². The first-order valence-corrected chi connectivity index (χ1v) is 7.72. The van der Waals surface area contributed by atoms with E-state index in [9.17, 15) is 0 Å². The molecule has 0 aromatic heterocycles. The fourth-order valence-electron chi connectivity index (χ4n) is 2.68. The minimum Gasteiger partial charge on any atom is -0.374 e. The Bertz CT molecular complexity index is 396. The third-order valence-corrected chi connectivity index (χ3v) is 4.27. The summed E-state index contributed by atoms with van der Waals surface area (Å²) in [6.45, 7) is 7.74. The van der Waals surface area contributed by atoms with Crippen LogP contribution in [0.15, 0.2) is 18.2 Å². The molecule has 0 saturated heterocycles. The molecule has 19 heavy (non-hydrogen) atoms. The monoisotopic (exact) mass is 260 g/mol.